The number of rotatable bonds is 2. The van der Waals surface area contributed by atoms with Gasteiger partial charge in [0.2, 0.25) is 0 Å². The summed E-state index contributed by atoms with van der Waals surface area (Å²) in [6.45, 7) is 0. The molecule has 1 heterocycles. The van der Waals surface area contributed by atoms with E-state index in [1.807, 2.05) is 0 Å². The van der Waals surface area contributed by atoms with Gasteiger partial charge in [-0.3, -0.25) is 16.8 Å². The predicted octanol–water partition coefficient (Wildman–Crippen LogP) is -5.03. The highest BCUT2D eigenvalue weighted by Crippen LogP contribution is 2.17. The zero-order valence-corrected chi connectivity index (χ0v) is 8.10. The first kappa shape index (κ1) is 14.0. The lowest BCUT2D eigenvalue weighted by molar-refractivity contribution is -0.472. The van der Waals surface area contributed by atoms with Crippen molar-refractivity contribution in [2.45, 2.75) is 0 Å². The Kier molecular flexibility index (Phi) is 5.30. The Labute approximate surface area is 92.1 Å². The van der Waals surface area contributed by atoms with Gasteiger partial charge in [0.05, 0.1) is 0 Å². The summed E-state index contributed by atoms with van der Waals surface area (Å²) < 4.78 is 0. The van der Waals surface area contributed by atoms with E-state index in [-0.39, 0.29) is 5.96 Å². The minimum Gasteiger partial charge on any atom is -0.358 e. The Morgan fingerprint density at radius 3 is 1.88 bits per heavy atom. The minimum atomic E-state index is -1.02. The quantitative estimate of drug-likeness (QED) is 0.109. The standard InChI is InChI=1S/C2N5O4.CH7N5/c8-6(9)1-2(7(10)11)4-5-3-1;2-1(5-3)6-4/h;3-4H2,(H3,2,5,6)/q-1;/p+1. The first-order valence-electron chi connectivity index (χ1n) is 3.64. The molecule has 0 radical (unpaired) electrons. The molecule has 0 atom stereocenters. The van der Waals surface area contributed by atoms with Gasteiger partial charge in [0.25, 0.3) is 0 Å². The van der Waals surface area contributed by atoms with Crippen molar-refractivity contribution in [1.82, 2.24) is 20.8 Å². The monoisotopic (exact) mass is 248 g/mol. The molecule has 0 aromatic carbocycles. The van der Waals surface area contributed by atoms with Crippen LogP contribution in [0.3, 0.4) is 0 Å². The third kappa shape index (κ3) is 4.34. The molecule has 17 heavy (non-hydrogen) atoms. The number of hydrazine groups is 2. The summed E-state index contributed by atoms with van der Waals surface area (Å²) >= 11 is 0. The van der Waals surface area contributed by atoms with E-state index < -0.39 is 21.5 Å². The molecule has 0 aliphatic rings. The predicted molar refractivity (Wildman–Crippen MR) is 50.3 cm³/mol. The number of nitrogens with two attached hydrogens (primary N) is 3. The molecule has 14 nitrogen and oxygen atoms in total. The number of hydrogen-bond donors (Lipinski definition) is 5. The zero-order chi connectivity index (χ0) is 13.4. The van der Waals surface area contributed by atoms with Crippen molar-refractivity contribution in [3.8, 4) is 0 Å². The minimum absolute atomic E-state index is 0.148. The third-order valence-electron chi connectivity index (χ3n) is 1.14. The van der Waals surface area contributed by atoms with Crippen LogP contribution in [0.1, 0.15) is 0 Å². The van der Waals surface area contributed by atoms with Crippen LogP contribution >= 0.6 is 0 Å². The van der Waals surface area contributed by atoms with Crippen molar-refractivity contribution in [2.24, 2.45) is 17.4 Å². The van der Waals surface area contributed by atoms with Gasteiger partial charge in [0.1, 0.15) is 0 Å². The van der Waals surface area contributed by atoms with Gasteiger partial charge in [-0.1, -0.05) is 10.2 Å². The van der Waals surface area contributed by atoms with Crippen LogP contribution < -0.4 is 33.2 Å². The number of hydrazone groups is 1. The van der Waals surface area contributed by atoms with Gasteiger partial charge in [-0.25, -0.2) is 5.43 Å². The Hall–Kier alpha value is -3.03. The summed E-state index contributed by atoms with van der Waals surface area (Å²) in [6.07, 6.45) is 0. The van der Waals surface area contributed by atoms with Crippen LogP contribution in [-0.2, 0) is 0 Å². The molecule has 0 unspecified atom stereocenters. The van der Waals surface area contributed by atoms with Crippen LogP contribution in [0, 0.1) is 20.2 Å². The van der Waals surface area contributed by atoms with Crippen LogP contribution in [0.15, 0.2) is 0 Å². The van der Waals surface area contributed by atoms with Gasteiger partial charge >= 0.3 is 17.6 Å². The molecule has 14 heteroatoms. The van der Waals surface area contributed by atoms with E-state index in [2.05, 4.69) is 25.9 Å². The molecule has 0 saturated carbocycles. The second kappa shape index (κ2) is 6.45. The van der Waals surface area contributed by atoms with Crippen LogP contribution in [0.2, 0.25) is 0 Å². The number of nitrogens with zero attached hydrogens (tertiary/aromatic N) is 5. The fourth-order valence-corrected chi connectivity index (χ4v) is 0.475. The van der Waals surface area contributed by atoms with Crippen molar-refractivity contribution >= 4 is 17.6 Å². The molecule has 94 valence electrons. The maximum Gasteiger partial charge on any atom is 0.449 e. The van der Waals surface area contributed by atoms with Crippen molar-refractivity contribution < 1.29 is 14.9 Å². The van der Waals surface area contributed by atoms with Crippen LogP contribution in [0.4, 0.5) is 11.6 Å². The molecule has 0 bridgehead atoms. The topological polar surface area (TPSA) is 230 Å². The lowest BCUT2D eigenvalue weighted by Gasteiger charge is -1.88. The van der Waals surface area contributed by atoms with E-state index in [4.69, 9.17) is 17.4 Å². The molecule has 0 saturated heterocycles. The first-order chi connectivity index (χ1) is 7.93. The smallest absolute Gasteiger partial charge is 0.358 e. The number of nitrogens with one attached hydrogen (secondary N) is 2. The van der Waals surface area contributed by atoms with Crippen LogP contribution in [0.25, 0.3) is 0 Å². The van der Waals surface area contributed by atoms with Crippen molar-refractivity contribution in [1.29, 1.82) is 0 Å². The number of aromatic nitrogens is 3. The molecule has 0 aliphatic carbocycles. The van der Waals surface area contributed by atoms with E-state index >= 15 is 0 Å². The molecule has 1 rings (SSSR count). The largest absolute Gasteiger partial charge is 0.449 e. The summed E-state index contributed by atoms with van der Waals surface area (Å²) in [4.78, 5) is 17.9. The Balaban J connectivity index is 0.000000366. The van der Waals surface area contributed by atoms with Crippen molar-refractivity contribution in [3.63, 3.8) is 0 Å². The average Bonchev–Trinajstić information content (AvgIpc) is 2.78. The molecular weight excluding hydrogens is 240 g/mol. The Morgan fingerprint density at radius 2 is 1.71 bits per heavy atom. The maximum atomic E-state index is 9.95. The van der Waals surface area contributed by atoms with Crippen molar-refractivity contribution in [3.05, 3.63) is 20.2 Å². The number of hydrogen-bond acceptors (Lipinski definition) is 8. The van der Waals surface area contributed by atoms with Crippen molar-refractivity contribution in [2.75, 3.05) is 0 Å². The van der Waals surface area contributed by atoms with Crippen LogP contribution in [0.5, 0.6) is 0 Å². The lowest BCUT2D eigenvalue weighted by Crippen LogP contribution is -2.85. The summed E-state index contributed by atoms with van der Waals surface area (Å²) in [6, 6.07) is 0. The molecule has 8 N–H and O–H groups in total. The van der Waals surface area contributed by atoms with E-state index in [0.717, 1.165) is 0 Å². The third-order valence-corrected chi connectivity index (χ3v) is 1.14. The van der Waals surface area contributed by atoms with E-state index in [1.54, 1.807) is 0 Å². The molecule has 0 amide bonds. The van der Waals surface area contributed by atoms with Gasteiger partial charge in [-0.05, 0) is 9.85 Å². The fourth-order valence-electron chi connectivity index (χ4n) is 0.475. The summed E-state index contributed by atoms with van der Waals surface area (Å²) in [5, 5.41) is 30.4. The number of guanidine groups is 1. The van der Waals surface area contributed by atoms with Gasteiger partial charge < -0.3 is 20.2 Å². The highest BCUT2D eigenvalue weighted by atomic mass is 16.6. The molecule has 0 aliphatic heterocycles. The Morgan fingerprint density at radius 1 is 1.29 bits per heavy atom. The molecule has 0 fully saturated rings. The fraction of sp³-hybridized carbons (Fsp3) is 0. The molecule has 1 aromatic rings. The number of nitro groups is 2. The van der Waals surface area contributed by atoms with Gasteiger partial charge in [-0.15, -0.1) is 0 Å². The maximum absolute atomic E-state index is 9.95. The van der Waals surface area contributed by atoms with E-state index in [1.165, 1.54) is 0 Å². The summed E-state index contributed by atoms with van der Waals surface area (Å²) in [5.74, 6) is 7.73. The van der Waals surface area contributed by atoms with Gasteiger partial charge in [0.15, 0.2) is 0 Å². The average molecular weight is 248 g/mol. The summed E-state index contributed by atoms with van der Waals surface area (Å²) in [7, 11) is 0. The molecule has 0 spiro atoms. The second-order valence-electron chi connectivity index (χ2n) is 2.15. The second-order valence-corrected chi connectivity index (χ2v) is 2.15. The Bertz CT molecular complexity index is 394. The molecular formula is C3H8N10O4. The highest BCUT2D eigenvalue weighted by molar-refractivity contribution is 5.70. The van der Waals surface area contributed by atoms with Crippen LogP contribution in [-0.4, -0.2) is 26.0 Å². The van der Waals surface area contributed by atoms with Gasteiger partial charge in [-0.2, -0.15) is 10.9 Å². The lowest BCUT2D eigenvalue weighted by atomic mass is 10.7. The van der Waals surface area contributed by atoms with E-state index in [9.17, 15) is 20.2 Å². The zero-order valence-electron chi connectivity index (χ0n) is 8.10. The van der Waals surface area contributed by atoms with Gasteiger partial charge in [0, 0.05) is 0 Å². The van der Waals surface area contributed by atoms with E-state index in [0.29, 0.717) is 0 Å². The summed E-state index contributed by atoms with van der Waals surface area (Å²) in [5.41, 5.74) is 6.99. The first-order valence-corrected chi connectivity index (χ1v) is 3.64. The molecule has 1 aromatic heterocycles. The highest BCUT2D eigenvalue weighted by Gasteiger charge is 2.24. The normalized spacial score (nSPS) is 10.1. The SMILES string of the molecule is NN/C(N)=[NH+]/N.O=[N+]([O-])c1n[n-]nc1[N+](=O)[O-].